The minimum Gasteiger partial charge on any atom is -0.480 e. The first-order valence-electron chi connectivity index (χ1n) is 8.25. The Morgan fingerprint density at radius 3 is 2.52 bits per heavy atom. The van der Waals surface area contributed by atoms with Crippen molar-refractivity contribution in [1.29, 1.82) is 0 Å². The fourth-order valence-corrected chi connectivity index (χ4v) is 4.06. The van der Waals surface area contributed by atoms with Crippen LogP contribution in [0.3, 0.4) is 0 Å². The molecule has 0 unspecified atom stereocenters. The van der Waals surface area contributed by atoms with Gasteiger partial charge in [0.2, 0.25) is 5.91 Å². The van der Waals surface area contributed by atoms with Crippen LogP contribution in [0.2, 0.25) is 0 Å². The standard InChI is InChI=1S/C18H24N2O3/c1-19-15(11-14-5-3-2-4-6-14)12-18(17(19)23)7-9-20(10-8-18)13-16(21)22/h2-6,15H,7-13H2,1H3,(H,21,22)/t15-/m1/s1. The molecule has 5 heteroatoms. The lowest BCUT2D eigenvalue weighted by molar-refractivity contribution is -0.140. The third kappa shape index (κ3) is 3.24. The quantitative estimate of drug-likeness (QED) is 0.917. The van der Waals surface area contributed by atoms with Crippen LogP contribution in [-0.2, 0) is 16.0 Å². The number of likely N-dealkylation sites (tertiary alicyclic amines) is 2. The number of piperidine rings is 1. The molecule has 0 bridgehead atoms. The van der Waals surface area contributed by atoms with Crippen molar-refractivity contribution in [3.05, 3.63) is 35.9 Å². The molecule has 0 radical (unpaired) electrons. The van der Waals surface area contributed by atoms with E-state index in [1.165, 1.54) is 5.56 Å². The van der Waals surface area contributed by atoms with Crippen LogP contribution in [0.4, 0.5) is 0 Å². The Morgan fingerprint density at radius 1 is 1.26 bits per heavy atom. The summed E-state index contributed by atoms with van der Waals surface area (Å²) in [6.07, 6.45) is 3.32. The zero-order valence-electron chi connectivity index (χ0n) is 13.6. The average molecular weight is 316 g/mol. The lowest BCUT2D eigenvalue weighted by Gasteiger charge is -2.37. The Kier molecular flexibility index (Phi) is 4.39. The van der Waals surface area contributed by atoms with Crippen LogP contribution in [0.15, 0.2) is 30.3 Å². The zero-order valence-corrected chi connectivity index (χ0v) is 13.6. The number of carbonyl (C=O) groups excluding carboxylic acids is 1. The normalized spacial score (nSPS) is 24.3. The van der Waals surface area contributed by atoms with Gasteiger partial charge < -0.3 is 10.0 Å². The van der Waals surface area contributed by atoms with E-state index in [0.29, 0.717) is 13.1 Å². The van der Waals surface area contributed by atoms with Crippen LogP contribution in [-0.4, -0.2) is 59.5 Å². The molecule has 1 aromatic carbocycles. The fourth-order valence-electron chi connectivity index (χ4n) is 4.06. The number of hydrogen-bond donors (Lipinski definition) is 1. The van der Waals surface area contributed by atoms with E-state index in [4.69, 9.17) is 5.11 Å². The van der Waals surface area contributed by atoms with Gasteiger partial charge in [-0.2, -0.15) is 0 Å². The molecule has 2 saturated heterocycles. The van der Waals surface area contributed by atoms with Crippen molar-refractivity contribution in [2.24, 2.45) is 5.41 Å². The molecular formula is C18H24N2O3. The van der Waals surface area contributed by atoms with Crippen LogP contribution < -0.4 is 0 Å². The second-order valence-electron chi connectivity index (χ2n) is 6.91. The summed E-state index contributed by atoms with van der Waals surface area (Å²) in [5.41, 5.74) is 0.987. The molecule has 2 aliphatic rings. The number of benzene rings is 1. The van der Waals surface area contributed by atoms with E-state index in [1.54, 1.807) is 0 Å². The summed E-state index contributed by atoms with van der Waals surface area (Å²) in [6, 6.07) is 10.5. The van der Waals surface area contributed by atoms with Crippen molar-refractivity contribution in [3.8, 4) is 0 Å². The third-order valence-electron chi connectivity index (χ3n) is 5.43. The Labute approximate surface area is 136 Å². The molecule has 2 fully saturated rings. The highest BCUT2D eigenvalue weighted by Crippen LogP contribution is 2.44. The van der Waals surface area contributed by atoms with Crippen molar-refractivity contribution < 1.29 is 14.7 Å². The van der Waals surface area contributed by atoms with Crippen LogP contribution >= 0.6 is 0 Å². The fraction of sp³-hybridized carbons (Fsp3) is 0.556. The number of amides is 1. The predicted octanol–water partition coefficient (Wildman–Crippen LogP) is 1.63. The van der Waals surface area contributed by atoms with E-state index in [1.807, 2.05) is 35.0 Å². The summed E-state index contributed by atoms with van der Waals surface area (Å²) in [4.78, 5) is 27.5. The van der Waals surface area contributed by atoms with Crippen molar-refractivity contribution >= 4 is 11.9 Å². The van der Waals surface area contributed by atoms with Gasteiger partial charge in [0.15, 0.2) is 0 Å². The van der Waals surface area contributed by atoms with Crippen LogP contribution in [0, 0.1) is 5.41 Å². The molecule has 1 aromatic rings. The molecule has 0 aromatic heterocycles. The molecule has 5 nitrogen and oxygen atoms in total. The molecule has 0 aliphatic carbocycles. The number of rotatable bonds is 4. The minimum absolute atomic E-state index is 0.0769. The first-order valence-corrected chi connectivity index (χ1v) is 8.25. The Balaban J connectivity index is 1.66. The zero-order chi connectivity index (χ0) is 16.4. The summed E-state index contributed by atoms with van der Waals surface area (Å²) >= 11 is 0. The highest BCUT2D eigenvalue weighted by atomic mass is 16.4. The van der Waals surface area contributed by atoms with Gasteiger partial charge in [-0.3, -0.25) is 14.5 Å². The van der Waals surface area contributed by atoms with E-state index in [2.05, 4.69) is 12.1 Å². The van der Waals surface area contributed by atoms with Gasteiger partial charge in [0.05, 0.1) is 12.0 Å². The molecule has 1 amide bonds. The van der Waals surface area contributed by atoms with E-state index < -0.39 is 5.97 Å². The van der Waals surface area contributed by atoms with Crippen LogP contribution in [0.5, 0.6) is 0 Å². The number of aliphatic carboxylic acids is 1. The van der Waals surface area contributed by atoms with E-state index in [0.717, 1.165) is 25.7 Å². The van der Waals surface area contributed by atoms with E-state index >= 15 is 0 Å². The monoisotopic (exact) mass is 316 g/mol. The van der Waals surface area contributed by atoms with Gasteiger partial charge in [0.25, 0.3) is 0 Å². The van der Waals surface area contributed by atoms with E-state index in [-0.39, 0.29) is 23.9 Å². The SMILES string of the molecule is CN1C(=O)C2(CCN(CC(=O)O)CC2)C[C@H]1Cc1ccccc1. The molecule has 2 heterocycles. The summed E-state index contributed by atoms with van der Waals surface area (Å²) in [7, 11) is 1.91. The summed E-state index contributed by atoms with van der Waals surface area (Å²) in [5.74, 6) is -0.550. The number of hydrogen-bond acceptors (Lipinski definition) is 3. The van der Waals surface area contributed by atoms with Gasteiger partial charge in [-0.25, -0.2) is 0 Å². The first kappa shape index (κ1) is 16.0. The van der Waals surface area contributed by atoms with Gasteiger partial charge in [0, 0.05) is 13.1 Å². The maximum atomic E-state index is 12.8. The largest absolute Gasteiger partial charge is 0.480 e. The number of carboxylic acid groups (broad SMARTS) is 1. The van der Waals surface area contributed by atoms with Crippen LogP contribution in [0.25, 0.3) is 0 Å². The van der Waals surface area contributed by atoms with Crippen LogP contribution in [0.1, 0.15) is 24.8 Å². The highest BCUT2D eigenvalue weighted by Gasteiger charge is 2.51. The highest BCUT2D eigenvalue weighted by molar-refractivity contribution is 5.85. The Hall–Kier alpha value is -1.88. The second-order valence-corrected chi connectivity index (χ2v) is 6.91. The maximum Gasteiger partial charge on any atom is 0.317 e. The summed E-state index contributed by atoms with van der Waals surface area (Å²) < 4.78 is 0. The molecule has 3 rings (SSSR count). The molecule has 2 aliphatic heterocycles. The minimum atomic E-state index is -0.794. The lowest BCUT2D eigenvalue weighted by Crippen LogP contribution is -2.45. The molecule has 124 valence electrons. The number of carbonyl (C=O) groups is 2. The average Bonchev–Trinajstić information content (AvgIpc) is 2.76. The van der Waals surface area contributed by atoms with Crippen molar-refractivity contribution in [1.82, 2.24) is 9.80 Å². The summed E-state index contributed by atoms with van der Waals surface area (Å²) in [5, 5.41) is 8.91. The van der Waals surface area contributed by atoms with Gasteiger partial charge in [0.1, 0.15) is 0 Å². The third-order valence-corrected chi connectivity index (χ3v) is 5.43. The number of carboxylic acids is 1. The molecular weight excluding hydrogens is 292 g/mol. The van der Waals surface area contributed by atoms with Gasteiger partial charge in [-0.05, 0) is 44.3 Å². The molecule has 23 heavy (non-hydrogen) atoms. The smallest absolute Gasteiger partial charge is 0.317 e. The molecule has 1 N–H and O–H groups in total. The molecule has 0 saturated carbocycles. The molecule has 1 atom stereocenters. The van der Waals surface area contributed by atoms with E-state index in [9.17, 15) is 9.59 Å². The first-order chi connectivity index (χ1) is 11.0. The van der Waals surface area contributed by atoms with Gasteiger partial charge >= 0.3 is 5.97 Å². The van der Waals surface area contributed by atoms with Crippen molar-refractivity contribution in [2.45, 2.75) is 31.7 Å². The maximum absolute atomic E-state index is 12.8. The van der Waals surface area contributed by atoms with Crippen molar-refractivity contribution in [3.63, 3.8) is 0 Å². The number of likely N-dealkylation sites (N-methyl/N-ethyl adjacent to an activating group) is 1. The lowest BCUT2D eigenvalue weighted by atomic mass is 9.75. The molecule has 1 spiro atoms. The van der Waals surface area contributed by atoms with Gasteiger partial charge in [-0.1, -0.05) is 30.3 Å². The predicted molar refractivity (Wildman–Crippen MR) is 87.1 cm³/mol. The topological polar surface area (TPSA) is 60.9 Å². The summed E-state index contributed by atoms with van der Waals surface area (Å²) in [6.45, 7) is 1.47. The Bertz CT molecular complexity index is 579. The van der Waals surface area contributed by atoms with Gasteiger partial charge in [-0.15, -0.1) is 0 Å². The number of nitrogens with zero attached hydrogens (tertiary/aromatic N) is 2. The van der Waals surface area contributed by atoms with Crippen molar-refractivity contribution in [2.75, 3.05) is 26.7 Å². The Morgan fingerprint density at radius 2 is 1.91 bits per heavy atom. The second kappa shape index (κ2) is 6.32.